The molecule has 0 aliphatic carbocycles. The fourth-order valence-corrected chi connectivity index (χ4v) is 3.27. The van der Waals surface area contributed by atoms with Gasteiger partial charge in [0.05, 0.1) is 16.7 Å². The van der Waals surface area contributed by atoms with Gasteiger partial charge < -0.3 is 18.9 Å². The van der Waals surface area contributed by atoms with Crippen molar-refractivity contribution in [2.75, 3.05) is 6.61 Å². The first kappa shape index (κ1) is 22.9. The Kier molecular flexibility index (Phi) is 7.10. The Bertz CT molecular complexity index is 1160. The molecule has 0 amide bonds. The molecule has 0 aromatic heterocycles. The molecule has 1 aliphatic rings. The van der Waals surface area contributed by atoms with Crippen LogP contribution in [0, 0.1) is 0 Å². The number of rotatable bonds is 7. The van der Waals surface area contributed by atoms with Crippen LogP contribution in [0.5, 0.6) is 0 Å². The number of Topliss-reactive ketones (excluding diaryl/α,β-unsaturated/α-hetero) is 1. The van der Waals surface area contributed by atoms with Crippen LogP contribution < -0.4 is 0 Å². The van der Waals surface area contributed by atoms with Gasteiger partial charge in [-0.2, -0.15) is 0 Å². The molecule has 0 radical (unpaired) electrons. The third-order valence-electron chi connectivity index (χ3n) is 5.00. The highest BCUT2D eigenvalue weighted by molar-refractivity contribution is 5.97. The summed E-state index contributed by atoms with van der Waals surface area (Å²) in [4.78, 5) is 50.2. The third kappa shape index (κ3) is 5.36. The van der Waals surface area contributed by atoms with Crippen molar-refractivity contribution in [2.45, 2.75) is 18.5 Å². The maximum absolute atomic E-state index is 12.9. The Morgan fingerprint density at radius 2 is 1.09 bits per heavy atom. The van der Waals surface area contributed by atoms with Crippen LogP contribution in [0.3, 0.4) is 0 Å². The van der Waals surface area contributed by atoms with Crippen molar-refractivity contribution in [3.63, 3.8) is 0 Å². The molecular formula is C26H20O8. The summed E-state index contributed by atoms with van der Waals surface area (Å²) in [6.45, 7) is -0.397. The van der Waals surface area contributed by atoms with Crippen molar-refractivity contribution in [2.24, 2.45) is 0 Å². The van der Waals surface area contributed by atoms with E-state index >= 15 is 0 Å². The third-order valence-corrected chi connectivity index (χ3v) is 5.00. The lowest BCUT2D eigenvalue weighted by molar-refractivity contribution is -0.147. The Labute approximate surface area is 195 Å². The summed E-state index contributed by atoms with van der Waals surface area (Å²) in [6, 6.07) is 24.4. The number of hydrogen-bond acceptors (Lipinski definition) is 8. The topological polar surface area (TPSA) is 105 Å². The van der Waals surface area contributed by atoms with Gasteiger partial charge in [0.25, 0.3) is 6.29 Å². The molecule has 1 saturated heterocycles. The molecule has 0 bridgehead atoms. The Hall–Kier alpha value is -4.30. The van der Waals surface area contributed by atoms with Crippen molar-refractivity contribution < 1.29 is 38.1 Å². The summed E-state index contributed by atoms with van der Waals surface area (Å²) in [5, 5.41) is 0. The largest absolute Gasteiger partial charge is 0.459 e. The summed E-state index contributed by atoms with van der Waals surface area (Å²) in [7, 11) is 0. The monoisotopic (exact) mass is 460 g/mol. The Balaban J connectivity index is 1.48. The van der Waals surface area contributed by atoms with Crippen LogP contribution in [-0.4, -0.2) is 48.8 Å². The number of ether oxygens (including phenoxy) is 4. The smallest absolute Gasteiger partial charge is 0.340 e. The van der Waals surface area contributed by atoms with E-state index < -0.39 is 48.8 Å². The molecular weight excluding hydrogens is 440 g/mol. The summed E-state index contributed by atoms with van der Waals surface area (Å²) >= 11 is 0. The predicted molar refractivity (Wildman–Crippen MR) is 118 cm³/mol. The van der Waals surface area contributed by atoms with E-state index in [2.05, 4.69) is 0 Å². The number of carbonyl (C=O) groups is 4. The fraction of sp³-hybridized carbons (Fsp3) is 0.154. The lowest BCUT2D eigenvalue weighted by atomic mass is 10.1. The maximum atomic E-state index is 12.9. The van der Waals surface area contributed by atoms with Gasteiger partial charge in [0.15, 0.2) is 6.10 Å². The van der Waals surface area contributed by atoms with Gasteiger partial charge in [-0.1, -0.05) is 54.6 Å². The molecule has 1 heterocycles. The highest BCUT2D eigenvalue weighted by atomic mass is 16.7. The molecule has 0 saturated carbocycles. The summed E-state index contributed by atoms with van der Waals surface area (Å²) < 4.78 is 21.4. The zero-order chi connectivity index (χ0) is 23.9. The molecule has 3 aromatic carbocycles. The van der Waals surface area contributed by atoms with Crippen LogP contribution in [0.1, 0.15) is 31.1 Å². The van der Waals surface area contributed by atoms with E-state index in [4.69, 9.17) is 18.9 Å². The minimum atomic E-state index is -1.62. The molecule has 172 valence electrons. The van der Waals surface area contributed by atoms with Gasteiger partial charge in [0.2, 0.25) is 5.78 Å². The normalized spacial score (nSPS) is 19.3. The summed E-state index contributed by atoms with van der Waals surface area (Å²) in [5.41, 5.74) is 0.743. The fourth-order valence-electron chi connectivity index (χ4n) is 3.27. The van der Waals surface area contributed by atoms with Crippen LogP contribution in [0.4, 0.5) is 0 Å². The van der Waals surface area contributed by atoms with Gasteiger partial charge >= 0.3 is 17.9 Å². The molecule has 34 heavy (non-hydrogen) atoms. The molecule has 0 spiro atoms. The number of ketones is 1. The van der Waals surface area contributed by atoms with E-state index in [1.54, 1.807) is 66.7 Å². The van der Waals surface area contributed by atoms with E-state index in [-0.39, 0.29) is 11.1 Å². The van der Waals surface area contributed by atoms with Crippen molar-refractivity contribution in [3.8, 4) is 0 Å². The van der Waals surface area contributed by atoms with E-state index in [0.29, 0.717) is 5.56 Å². The van der Waals surface area contributed by atoms with Crippen LogP contribution in [0.25, 0.3) is 0 Å². The molecule has 3 aromatic rings. The van der Waals surface area contributed by atoms with E-state index in [1.807, 2.05) is 0 Å². The highest BCUT2D eigenvalue weighted by Crippen LogP contribution is 2.24. The predicted octanol–water partition coefficient (Wildman–Crippen LogP) is 3.22. The standard InChI is InChI=1S/C26H20O8/c27-21-22(33-24(29)18-12-6-2-7-13-18)20(16-31-23(28)17-10-4-1-5-11-17)32-26(21)34-25(30)19-14-8-3-9-15-19/h1-15,20,22,26H,16H2/t20?,22?,26-/m0/s1. The molecule has 1 aliphatic heterocycles. The van der Waals surface area contributed by atoms with E-state index in [9.17, 15) is 19.2 Å². The highest BCUT2D eigenvalue weighted by Gasteiger charge is 2.49. The SMILES string of the molecule is O=C(OCC1O[C@@H](OC(=O)c2ccccc2)C(=O)C1OC(=O)c1ccccc1)c1ccccc1. The maximum Gasteiger partial charge on any atom is 0.340 e. The molecule has 3 atom stereocenters. The van der Waals surface area contributed by atoms with Crippen LogP contribution in [0.15, 0.2) is 91.0 Å². The number of esters is 3. The Morgan fingerprint density at radius 1 is 0.647 bits per heavy atom. The molecule has 4 rings (SSSR count). The molecule has 8 nitrogen and oxygen atoms in total. The summed E-state index contributed by atoms with van der Waals surface area (Å²) in [5.74, 6) is -2.96. The second-order valence-corrected chi connectivity index (χ2v) is 7.34. The first-order valence-electron chi connectivity index (χ1n) is 10.5. The van der Waals surface area contributed by atoms with Crippen LogP contribution >= 0.6 is 0 Å². The summed E-state index contributed by atoms with van der Waals surface area (Å²) in [6.07, 6.45) is -4.23. The average molecular weight is 460 g/mol. The second kappa shape index (κ2) is 10.5. The van der Waals surface area contributed by atoms with Crippen molar-refractivity contribution >= 4 is 23.7 Å². The number of carbonyl (C=O) groups excluding carboxylic acids is 4. The molecule has 0 N–H and O–H groups in total. The van der Waals surface area contributed by atoms with E-state index in [1.165, 1.54) is 24.3 Å². The molecule has 2 unspecified atom stereocenters. The van der Waals surface area contributed by atoms with Gasteiger partial charge in [0.1, 0.15) is 12.7 Å². The molecule has 8 heteroatoms. The van der Waals surface area contributed by atoms with Crippen molar-refractivity contribution in [1.29, 1.82) is 0 Å². The van der Waals surface area contributed by atoms with Crippen LogP contribution in [-0.2, 0) is 23.7 Å². The molecule has 1 fully saturated rings. The zero-order valence-electron chi connectivity index (χ0n) is 17.9. The second-order valence-electron chi connectivity index (χ2n) is 7.34. The van der Waals surface area contributed by atoms with Gasteiger partial charge in [0, 0.05) is 0 Å². The number of benzene rings is 3. The average Bonchev–Trinajstić information content (AvgIpc) is 3.17. The quantitative estimate of drug-likeness (QED) is 0.391. The minimum absolute atomic E-state index is 0.218. The van der Waals surface area contributed by atoms with Gasteiger partial charge in [-0.25, -0.2) is 14.4 Å². The first-order chi connectivity index (χ1) is 16.5. The lowest BCUT2D eigenvalue weighted by Gasteiger charge is -2.17. The first-order valence-corrected chi connectivity index (χ1v) is 10.5. The van der Waals surface area contributed by atoms with Crippen LogP contribution in [0.2, 0.25) is 0 Å². The van der Waals surface area contributed by atoms with E-state index in [0.717, 1.165) is 0 Å². The Morgan fingerprint density at radius 3 is 1.59 bits per heavy atom. The minimum Gasteiger partial charge on any atom is -0.459 e. The zero-order valence-corrected chi connectivity index (χ0v) is 17.9. The van der Waals surface area contributed by atoms with Crippen molar-refractivity contribution in [1.82, 2.24) is 0 Å². The van der Waals surface area contributed by atoms with Crippen molar-refractivity contribution in [3.05, 3.63) is 108 Å². The van der Waals surface area contributed by atoms with Gasteiger partial charge in [-0.3, -0.25) is 4.79 Å². The van der Waals surface area contributed by atoms with Gasteiger partial charge in [-0.05, 0) is 36.4 Å². The number of hydrogen-bond donors (Lipinski definition) is 0. The van der Waals surface area contributed by atoms with Gasteiger partial charge in [-0.15, -0.1) is 0 Å². The lowest BCUT2D eigenvalue weighted by Crippen LogP contribution is -2.36.